The summed E-state index contributed by atoms with van der Waals surface area (Å²) in [7, 11) is 2.91. The van der Waals surface area contributed by atoms with Crippen LogP contribution < -0.4 is 5.32 Å². The molecule has 1 aromatic rings. The molecule has 1 N–H and O–H groups in total. The second-order valence-electron chi connectivity index (χ2n) is 2.89. The molecule has 17 heavy (non-hydrogen) atoms. The molecule has 0 radical (unpaired) electrons. The Kier molecular flexibility index (Phi) is 4.70. The van der Waals surface area contributed by atoms with Gasteiger partial charge in [-0.1, -0.05) is 11.8 Å². The minimum Gasteiger partial charge on any atom is -0.468 e. The minimum absolute atomic E-state index is 0.0164. The number of esters is 1. The van der Waals surface area contributed by atoms with Crippen LogP contribution in [-0.4, -0.2) is 35.8 Å². The summed E-state index contributed by atoms with van der Waals surface area (Å²) in [5.41, 5.74) is -0.127. The zero-order chi connectivity index (χ0) is 12.8. The van der Waals surface area contributed by atoms with Gasteiger partial charge in [-0.2, -0.15) is 0 Å². The molecule has 0 saturated heterocycles. The number of hydrogen-bond donors (Lipinski definition) is 1. The van der Waals surface area contributed by atoms with E-state index in [1.807, 2.05) is 0 Å². The molecule has 1 aromatic heterocycles. The lowest BCUT2D eigenvalue weighted by Crippen LogP contribution is -2.05. The van der Waals surface area contributed by atoms with Crippen molar-refractivity contribution in [2.45, 2.75) is 5.03 Å². The summed E-state index contributed by atoms with van der Waals surface area (Å²) in [6.45, 7) is 0. The molecule has 0 atom stereocenters. The maximum absolute atomic E-state index is 11.0. The molecule has 0 amide bonds. The normalized spacial score (nSPS) is 9.76. The molecule has 0 fully saturated rings. The van der Waals surface area contributed by atoms with E-state index in [2.05, 4.69) is 15.0 Å². The Morgan fingerprint density at radius 3 is 2.88 bits per heavy atom. The molecule has 0 aromatic carbocycles. The lowest BCUT2D eigenvalue weighted by Gasteiger charge is -2.04. The van der Waals surface area contributed by atoms with Crippen molar-refractivity contribution in [2.24, 2.45) is 0 Å². The third-order valence-corrected chi connectivity index (χ3v) is 2.80. The van der Waals surface area contributed by atoms with Crippen molar-refractivity contribution in [2.75, 3.05) is 25.2 Å². The molecule has 1 rings (SSSR count). The highest BCUT2D eigenvalue weighted by Gasteiger charge is 2.17. The van der Waals surface area contributed by atoms with Crippen LogP contribution in [0.2, 0.25) is 0 Å². The first-order chi connectivity index (χ1) is 8.08. The number of aromatic nitrogens is 1. The van der Waals surface area contributed by atoms with E-state index in [-0.39, 0.29) is 16.5 Å². The maximum Gasteiger partial charge on any atom is 0.316 e. The van der Waals surface area contributed by atoms with E-state index < -0.39 is 10.9 Å². The summed E-state index contributed by atoms with van der Waals surface area (Å²) < 4.78 is 4.46. The molecule has 0 aliphatic heterocycles. The number of rotatable bonds is 5. The van der Waals surface area contributed by atoms with Gasteiger partial charge in [0.05, 0.1) is 17.8 Å². The number of carbonyl (C=O) groups excluding carboxylic acids is 1. The van der Waals surface area contributed by atoms with Crippen LogP contribution in [0.5, 0.6) is 0 Å². The fraction of sp³-hybridized carbons (Fsp3) is 0.333. The van der Waals surface area contributed by atoms with Crippen molar-refractivity contribution >= 4 is 29.2 Å². The summed E-state index contributed by atoms with van der Waals surface area (Å²) in [6, 6.07) is 2.85. The molecule has 0 bridgehead atoms. The largest absolute Gasteiger partial charge is 0.468 e. The second kappa shape index (κ2) is 6.04. The molecule has 0 saturated carbocycles. The topological polar surface area (TPSA) is 94.4 Å². The van der Waals surface area contributed by atoms with Crippen LogP contribution in [-0.2, 0) is 9.53 Å². The third kappa shape index (κ3) is 3.59. The monoisotopic (exact) mass is 257 g/mol. The summed E-state index contributed by atoms with van der Waals surface area (Å²) in [6.07, 6.45) is 0. The molecule has 0 aliphatic rings. The number of ether oxygens (including phenoxy) is 1. The smallest absolute Gasteiger partial charge is 0.316 e. The number of anilines is 1. The summed E-state index contributed by atoms with van der Waals surface area (Å²) in [5, 5.41) is 13.7. The van der Waals surface area contributed by atoms with Crippen LogP contribution in [0.4, 0.5) is 11.5 Å². The molecular formula is C9H11N3O4S. The highest BCUT2D eigenvalue weighted by Crippen LogP contribution is 2.28. The average Bonchev–Trinajstić information content (AvgIpc) is 2.35. The van der Waals surface area contributed by atoms with Crippen molar-refractivity contribution in [3.63, 3.8) is 0 Å². The van der Waals surface area contributed by atoms with E-state index in [0.717, 1.165) is 11.8 Å². The van der Waals surface area contributed by atoms with E-state index >= 15 is 0 Å². The Hall–Kier alpha value is -1.83. The third-order valence-electron chi connectivity index (χ3n) is 1.85. The van der Waals surface area contributed by atoms with Gasteiger partial charge >= 0.3 is 11.7 Å². The summed E-state index contributed by atoms with van der Waals surface area (Å²) >= 11 is 0.970. The standard InChI is InChI=1S/C9H11N3O4S/c1-10-7-4-3-6(12(14)15)9(11-7)17-5-8(13)16-2/h3-4H,5H2,1-2H3,(H,10,11). The van der Waals surface area contributed by atoms with Crippen LogP contribution in [0.25, 0.3) is 0 Å². The van der Waals surface area contributed by atoms with E-state index in [1.54, 1.807) is 7.05 Å². The first kappa shape index (κ1) is 13.2. The Bertz CT molecular complexity index is 438. The van der Waals surface area contributed by atoms with Crippen molar-refractivity contribution < 1.29 is 14.5 Å². The second-order valence-corrected chi connectivity index (χ2v) is 3.86. The molecule has 0 spiro atoms. The van der Waals surface area contributed by atoms with Crippen molar-refractivity contribution in [3.8, 4) is 0 Å². The molecule has 92 valence electrons. The quantitative estimate of drug-likeness (QED) is 0.367. The summed E-state index contributed by atoms with van der Waals surface area (Å²) in [4.78, 5) is 25.2. The molecule has 8 heteroatoms. The number of nitrogens with one attached hydrogen (secondary N) is 1. The fourth-order valence-corrected chi connectivity index (χ4v) is 1.83. The van der Waals surface area contributed by atoms with Crippen LogP contribution >= 0.6 is 11.8 Å². The van der Waals surface area contributed by atoms with Crippen molar-refractivity contribution in [1.82, 2.24) is 4.98 Å². The Morgan fingerprint density at radius 1 is 1.65 bits per heavy atom. The van der Waals surface area contributed by atoms with Gasteiger partial charge in [-0.05, 0) is 6.07 Å². The van der Waals surface area contributed by atoms with Crippen LogP contribution in [0.3, 0.4) is 0 Å². The average molecular weight is 257 g/mol. The van der Waals surface area contributed by atoms with Crippen LogP contribution in [0, 0.1) is 10.1 Å². The number of nitro groups is 1. The van der Waals surface area contributed by atoms with Gasteiger partial charge in [-0.15, -0.1) is 0 Å². The lowest BCUT2D eigenvalue weighted by molar-refractivity contribution is -0.388. The molecule has 0 aliphatic carbocycles. The number of methoxy groups -OCH3 is 1. The highest BCUT2D eigenvalue weighted by molar-refractivity contribution is 8.00. The number of pyridine rings is 1. The lowest BCUT2D eigenvalue weighted by atomic mass is 10.4. The van der Waals surface area contributed by atoms with Gasteiger partial charge in [0.15, 0.2) is 5.03 Å². The maximum atomic E-state index is 11.0. The van der Waals surface area contributed by atoms with Gasteiger partial charge in [0.2, 0.25) is 0 Å². The van der Waals surface area contributed by atoms with Crippen LogP contribution in [0.15, 0.2) is 17.2 Å². The number of thioether (sulfide) groups is 1. The predicted molar refractivity (Wildman–Crippen MR) is 63.2 cm³/mol. The van der Waals surface area contributed by atoms with E-state index in [9.17, 15) is 14.9 Å². The molecule has 7 nitrogen and oxygen atoms in total. The highest BCUT2D eigenvalue weighted by atomic mass is 32.2. The van der Waals surface area contributed by atoms with Gasteiger partial charge in [0.1, 0.15) is 5.82 Å². The first-order valence-electron chi connectivity index (χ1n) is 4.61. The Balaban J connectivity index is 2.93. The molecular weight excluding hydrogens is 246 g/mol. The van der Waals surface area contributed by atoms with Crippen molar-refractivity contribution in [1.29, 1.82) is 0 Å². The number of hydrogen-bond acceptors (Lipinski definition) is 7. The van der Waals surface area contributed by atoms with Gasteiger partial charge in [0, 0.05) is 13.1 Å². The van der Waals surface area contributed by atoms with E-state index in [1.165, 1.54) is 19.2 Å². The van der Waals surface area contributed by atoms with Gasteiger partial charge < -0.3 is 10.1 Å². The Labute approximate surface area is 102 Å². The summed E-state index contributed by atoms with van der Waals surface area (Å²) in [5.74, 6) is 0.0289. The SMILES string of the molecule is CNc1ccc([N+](=O)[O-])c(SCC(=O)OC)n1. The zero-order valence-electron chi connectivity index (χ0n) is 9.30. The molecule has 0 unspecified atom stereocenters. The van der Waals surface area contributed by atoms with E-state index in [4.69, 9.17) is 0 Å². The van der Waals surface area contributed by atoms with Gasteiger partial charge in [-0.3, -0.25) is 14.9 Å². The zero-order valence-corrected chi connectivity index (χ0v) is 10.1. The minimum atomic E-state index is -0.536. The first-order valence-corrected chi connectivity index (χ1v) is 5.60. The van der Waals surface area contributed by atoms with Gasteiger partial charge in [-0.25, -0.2) is 4.98 Å². The van der Waals surface area contributed by atoms with Crippen LogP contribution in [0.1, 0.15) is 0 Å². The van der Waals surface area contributed by atoms with Gasteiger partial charge in [0.25, 0.3) is 0 Å². The number of carbonyl (C=O) groups is 1. The Morgan fingerprint density at radius 2 is 2.35 bits per heavy atom. The molecule has 1 heterocycles. The fourth-order valence-electron chi connectivity index (χ4n) is 1.00. The predicted octanol–water partition coefficient (Wildman–Crippen LogP) is 1.30. The number of nitrogens with zero attached hydrogens (tertiary/aromatic N) is 2. The van der Waals surface area contributed by atoms with E-state index in [0.29, 0.717) is 5.82 Å². The van der Waals surface area contributed by atoms with Crippen molar-refractivity contribution in [3.05, 3.63) is 22.2 Å².